The fourth-order valence-corrected chi connectivity index (χ4v) is 1.27. The first-order chi connectivity index (χ1) is 5.57. The van der Waals surface area contributed by atoms with Gasteiger partial charge in [0, 0.05) is 6.07 Å². The number of halogens is 3. The van der Waals surface area contributed by atoms with Gasteiger partial charge in [0.1, 0.15) is 11.6 Å². The Balaban J connectivity index is 3.39. The SMILES string of the molecule is COc1cc(F)c(Cl)c(C)c1Cl. The molecule has 0 N–H and O–H groups in total. The van der Waals surface area contributed by atoms with Gasteiger partial charge in [-0.1, -0.05) is 23.2 Å². The van der Waals surface area contributed by atoms with Crippen molar-refractivity contribution >= 4 is 23.2 Å². The summed E-state index contributed by atoms with van der Waals surface area (Å²) in [6, 6.07) is 1.16. The largest absolute Gasteiger partial charge is 0.495 e. The maximum Gasteiger partial charge on any atom is 0.145 e. The van der Waals surface area contributed by atoms with Crippen LogP contribution in [0.15, 0.2) is 6.07 Å². The summed E-state index contributed by atoms with van der Waals surface area (Å²) in [6.07, 6.45) is 0. The highest BCUT2D eigenvalue weighted by Gasteiger charge is 2.12. The molecule has 0 atom stereocenters. The van der Waals surface area contributed by atoms with Gasteiger partial charge in [-0.25, -0.2) is 4.39 Å². The van der Waals surface area contributed by atoms with Gasteiger partial charge in [-0.15, -0.1) is 0 Å². The Morgan fingerprint density at radius 1 is 1.33 bits per heavy atom. The summed E-state index contributed by atoms with van der Waals surface area (Å²) >= 11 is 11.4. The molecule has 0 saturated heterocycles. The smallest absolute Gasteiger partial charge is 0.145 e. The first-order valence-corrected chi connectivity index (χ1v) is 4.01. The molecular weight excluding hydrogens is 202 g/mol. The van der Waals surface area contributed by atoms with E-state index in [0.29, 0.717) is 16.3 Å². The molecule has 0 heterocycles. The molecule has 0 amide bonds. The molecule has 1 aromatic rings. The second-order valence-corrected chi connectivity index (χ2v) is 3.07. The first kappa shape index (κ1) is 9.62. The van der Waals surface area contributed by atoms with E-state index in [1.807, 2.05) is 0 Å². The molecule has 0 fully saturated rings. The maximum atomic E-state index is 12.9. The molecule has 1 nitrogen and oxygen atoms in total. The molecule has 0 aliphatic carbocycles. The normalized spacial score (nSPS) is 10.1. The summed E-state index contributed by atoms with van der Waals surface area (Å²) < 4.78 is 17.8. The number of benzene rings is 1. The highest BCUT2D eigenvalue weighted by Crippen LogP contribution is 2.34. The van der Waals surface area contributed by atoms with Gasteiger partial charge in [-0.3, -0.25) is 0 Å². The van der Waals surface area contributed by atoms with Gasteiger partial charge < -0.3 is 4.74 Å². The highest BCUT2D eigenvalue weighted by molar-refractivity contribution is 6.36. The number of hydrogen-bond donors (Lipinski definition) is 0. The molecule has 0 aliphatic heterocycles. The zero-order valence-corrected chi connectivity index (χ0v) is 8.13. The van der Waals surface area contributed by atoms with Crippen LogP contribution in [0.3, 0.4) is 0 Å². The highest BCUT2D eigenvalue weighted by atomic mass is 35.5. The van der Waals surface area contributed by atoms with Crippen molar-refractivity contribution in [3.8, 4) is 5.75 Å². The number of methoxy groups -OCH3 is 1. The molecule has 0 saturated carbocycles. The van der Waals surface area contributed by atoms with Gasteiger partial charge in [-0.05, 0) is 12.5 Å². The van der Waals surface area contributed by atoms with Crippen LogP contribution in [0.25, 0.3) is 0 Å². The van der Waals surface area contributed by atoms with Gasteiger partial charge in [0.25, 0.3) is 0 Å². The minimum Gasteiger partial charge on any atom is -0.495 e. The number of rotatable bonds is 1. The molecule has 0 radical (unpaired) electrons. The van der Waals surface area contributed by atoms with E-state index in [0.717, 1.165) is 6.07 Å². The third-order valence-electron chi connectivity index (χ3n) is 1.56. The van der Waals surface area contributed by atoms with Gasteiger partial charge in [0.05, 0.1) is 17.2 Å². The van der Waals surface area contributed by atoms with Crippen LogP contribution < -0.4 is 4.74 Å². The Kier molecular flexibility index (Phi) is 2.80. The van der Waals surface area contributed by atoms with E-state index < -0.39 is 5.82 Å². The topological polar surface area (TPSA) is 9.23 Å². The van der Waals surface area contributed by atoms with E-state index in [1.54, 1.807) is 6.92 Å². The molecule has 0 spiro atoms. The molecule has 0 aliphatic rings. The molecule has 0 unspecified atom stereocenters. The molecular formula is C8H7Cl2FO. The molecule has 0 aromatic heterocycles. The number of ether oxygens (including phenoxy) is 1. The van der Waals surface area contributed by atoms with Crippen molar-refractivity contribution in [1.29, 1.82) is 0 Å². The van der Waals surface area contributed by atoms with Crippen molar-refractivity contribution < 1.29 is 9.13 Å². The summed E-state index contributed by atoms with van der Waals surface area (Å²) in [4.78, 5) is 0. The Hall–Kier alpha value is -0.470. The summed E-state index contributed by atoms with van der Waals surface area (Å²) in [5.74, 6) is -0.216. The number of hydrogen-bond acceptors (Lipinski definition) is 1. The first-order valence-electron chi connectivity index (χ1n) is 3.26. The lowest BCUT2D eigenvalue weighted by atomic mass is 10.2. The lowest BCUT2D eigenvalue weighted by molar-refractivity contribution is 0.411. The predicted molar refractivity (Wildman–Crippen MR) is 47.7 cm³/mol. The fourth-order valence-electron chi connectivity index (χ4n) is 0.851. The quantitative estimate of drug-likeness (QED) is 0.643. The van der Waals surface area contributed by atoms with Crippen LogP contribution >= 0.6 is 23.2 Å². The van der Waals surface area contributed by atoms with Crippen molar-refractivity contribution in [3.63, 3.8) is 0 Å². The van der Waals surface area contributed by atoms with E-state index in [9.17, 15) is 4.39 Å². The van der Waals surface area contributed by atoms with Crippen molar-refractivity contribution in [2.24, 2.45) is 0 Å². The van der Waals surface area contributed by atoms with Crippen LogP contribution in [0.1, 0.15) is 5.56 Å². The van der Waals surface area contributed by atoms with Crippen LogP contribution in [0.5, 0.6) is 5.75 Å². The van der Waals surface area contributed by atoms with Crippen molar-refractivity contribution in [2.75, 3.05) is 7.11 Å². The molecule has 1 rings (SSSR count). The average Bonchev–Trinajstić information content (AvgIpc) is 2.08. The third kappa shape index (κ3) is 1.50. The minimum absolute atomic E-state index is 0.0424. The van der Waals surface area contributed by atoms with Gasteiger partial charge in [-0.2, -0.15) is 0 Å². The summed E-state index contributed by atoms with van der Waals surface area (Å²) in [5.41, 5.74) is 0.496. The fraction of sp³-hybridized carbons (Fsp3) is 0.250. The van der Waals surface area contributed by atoms with E-state index >= 15 is 0 Å². The third-order valence-corrected chi connectivity index (χ3v) is 2.50. The zero-order valence-electron chi connectivity index (χ0n) is 6.62. The standard InChI is InChI=1S/C8H7Cl2FO/c1-4-7(9)5(11)3-6(12-2)8(4)10/h3H,1-2H3. The Morgan fingerprint density at radius 2 is 1.92 bits per heavy atom. The molecule has 4 heteroatoms. The van der Waals surface area contributed by atoms with Crippen LogP contribution in [-0.4, -0.2) is 7.11 Å². The maximum absolute atomic E-state index is 12.9. The van der Waals surface area contributed by atoms with E-state index in [4.69, 9.17) is 27.9 Å². The van der Waals surface area contributed by atoms with E-state index in [1.165, 1.54) is 7.11 Å². The summed E-state index contributed by atoms with van der Waals surface area (Å²) in [7, 11) is 1.42. The Bertz CT molecular complexity index is 312. The lowest BCUT2D eigenvalue weighted by Gasteiger charge is -2.07. The lowest BCUT2D eigenvalue weighted by Crippen LogP contribution is -1.90. The monoisotopic (exact) mass is 208 g/mol. The second kappa shape index (κ2) is 3.50. The van der Waals surface area contributed by atoms with Crippen LogP contribution in [0.2, 0.25) is 10.0 Å². The Labute approximate surface area is 80.0 Å². The van der Waals surface area contributed by atoms with Crippen molar-refractivity contribution in [3.05, 3.63) is 27.5 Å². The van der Waals surface area contributed by atoms with E-state index in [-0.39, 0.29) is 5.02 Å². The Morgan fingerprint density at radius 3 is 2.42 bits per heavy atom. The van der Waals surface area contributed by atoms with E-state index in [2.05, 4.69) is 0 Å². The van der Waals surface area contributed by atoms with Crippen molar-refractivity contribution in [2.45, 2.75) is 6.92 Å². The summed E-state index contributed by atoms with van der Waals surface area (Å²) in [5, 5.41) is 0.393. The molecule has 1 aromatic carbocycles. The van der Waals surface area contributed by atoms with Gasteiger partial charge >= 0.3 is 0 Å². The zero-order chi connectivity index (χ0) is 9.30. The molecule has 0 bridgehead atoms. The molecule has 66 valence electrons. The van der Waals surface area contributed by atoms with Crippen LogP contribution in [0.4, 0.5) is 4.39 Å². The van der Waals surface area contributed by atoms with Gasteiger partial charge in [0.15, 0.2) is 0 Å². The van der Waals surface area contributed by atoms with Gasteiger partial charge in [0.2, 0.25) is 0 Å². The average molecular weight is 209 g/mol. The van der Waals surface area contributed by atoms with Crippen molar-refractivity contribution in [1.82, 2.24) is 0 Å². The summed E-state index contributed by atoms with van der Waals surface area (Å²) in [6.45, 7) is 1.64. The minimum atomic E-state index is -0.518. The molecule has 12 heavy (non-hydrogen) atoms. The second-order valence-electron chi connectivity index (χ2n) is 2.31. The predicted octanol–water partition coefficient (Wildman–Crippen LogP) is 3.45. The van der Waals surface area contributed by atoms with Crippen LogP contribution in [-0.2, 0) is 0 Å². The van der Waals surface area contributed by atoms with Crippen LogP contribution in [0, 0.1) is 12.7 Å².